The van der Waals surface area contributed by atoms with Crippen molar-refractivity contribution in [2.24, 2.45) is 0 Å². The third-order valence-electron chi connectivity index (χ3n) is 1.67. The average Bonchev–Trinajstić information content (AvgIpc) is 2.17. The summed E-state index contributed by atoms with van der Waals surface area (Å²) >= 11 is 3.96. The Morgan fingerprint density at radius 3 is 2.80 bits per heavy atom. The third kappa shape index (κ3) is 2.69. The summed E-state index contributed by atoms with van der Waals surface area (Å²) < 4.78 is 4.69. The van der Waals surface area contributed by atoms with Crippen molar-refractivity contribution in [2.75, 3.05) is 6.61 Å². The number of ether oxygens (including phenoxy) is 1. The van der Waals surface area contributed by atoms with E-state index in [2.05, 4.69) is 12.6 Å². The largest absolute Gasteiger partial charge is 0.462 e. The van der Waals surface area contributed by atoms with Gasteiger partial charge in [0.15, 0.2) is 0 Å². The zero-order chi connectivity index (χ0) is 11.4. The summed E-state index contributed by atoms with van der Waals surface area (Å²) in [6.45, 7) is 1.81. The Hall–Kier alpha value is -1.56. The van der Waals surface area contributed by atoms with E-state index in [4.69, 9.17) is 4.74 Å². The molecule has 80 valence electrons. The van der Waals surface area contributed by atoms with E-state index >= 15 is 0 Å². The fourth-order valence-corrected chi connectivity index (χ4v) is 1.25. The number of thiol groups is 1. The molecule has 0 N–H and O–H groups in total. The summed E-state index contributed by atoms with van der Waals surface area (Å²) in [5.41, 5.74) is -0.347. The van der Waals surface area contributed by atoms with Crippen LogP contribution in [0.1, 0.15) is 17.3 Å². The molecule has 1 aromatic carbocycles. The van der Waals surface area contributed by atoms with E-state index in [0.29, 0.717) is 4.90 Å². The summed E-state index contributed by atoms with van der Waals surface area (Å²) in [7, 11) is 0. The minimum absolute atomic E-state index is 0.0559. The summed E-state index contributed by atoms with van der Waals surface area (Å²) in [4.78, 5) is 21.8. The molecule has 0 unspecified atom stereocenters. The molecule has 15 heavy (non-hydrogen) atoms. The van der Waals surface area contributed by atoms with Crippen molar-refractivity contribution < 1.29 is 14.5 Å². The van der Waals surface area contributed by atoms with Crippen LogP contribution in [0.15, 0.2) is 23.1 Å². The van der Waals surface area contributed by atoms with Crippen molar-refractivity contribution in [3.63, 3.8) is 0 Å². The Kier molecular flexibility index (Phi) is 3.68. The van der Waals surface area contributed by atoms with Crippen molar-refractivity contribution in [1.29, 1.82) is 0 Å². The Labute approximate surface area is 91.6 Å². The van der Waals surface area contributed by atoms with Gasteiger partial charge in [-0.3, -0.25) is 10.1 Å². The first-order valence-corrected chi connectivity index (χ1v) is 4.65. The van der Waals surface area contributed by atoms with E-state index in [9.17, 15) is 14.9 Å². The van der Waals surface area contributed by atoms with Crippen molar-refractivity contribution >= 4 is 24.3 Å². The number of rotatable bonds is 3. The fraction of sp³-hybridized carbons (Fsp3) is 0.222. The van der Waals surface area contributed by atoms with Gasteiger partial charge < -0.3 is 4.74 Å². The number of nitro groups is 1. The quantitative estimate of drug-likeness (QED) is 0.371. The van der Waals surface area contributed by atoms with Gasteiger partial charge in [0.25, 0.3) is 5.69 Å². The van der Waals surface area contributed by atoms with Crippen LogP contribution < -0.4 is 0 Å². The van der Waals surface area contributed by atoms with Crippen molar-refractivity contribution in [3.05, 3.63) is 33.9 Å². The van der Waals surface area contributed by atoms with Crippen molar-refractivity contribution in [1.82, 2.24) is 0 Å². The fourth-order valence-electron chi connectivity index (χ4n) is 1.05. The van der Waals surface area contributed by atoms with Crippen molar-refractivity contribution in [2.45, 2.75) is 11.8 Å². The topological polar surface area (TPSA) is 69.4 Å². The number of benzene rings is 1. The van der Waals surface area contributed by atoms with Gasteiger partial charge in [-0.25, -0.2) is 4.79 Å². The molecule has 0 saturated heterocycles. The summed E-state index contributed by atoms with van der Waals surface area (Å²) in [6.07, 6.45) is 0. The van der Waals surface area contributed by atoms with Crippen LogP contribution in [0.4, 0.5) is 5.69 Å². The Morgan fingerprint density at radius 2 is 2.27 bits per heavy atom. The number of carbonyl (C=O) groups excluding carboxylic acids is 1. The van der Waals surface area contributed by atoms with Gasteiger partial charge in [0, 0.05) is 11.0 Å². The molecule has 1 aromatic rings. The lowest BCUT2D eigenvalue weighted by Crippen LogP contribution is -2.07. The normalized spacial score (nSPS) is 9.73. The summed E-state index contributed by atoms with van der Waals surface area (Å²) in [5, 5.41) is 10.6. The van der Waals surface area contributed by atoms with E-state index in [0.717, 1.165) is 0 Å². The first kappa shape index (κ1) is 11.5. The van der Waals surface area contributed by atoms with Gasteiger partial charge in [0.2, 0.25) is 0 Å². The van der Waals surface area contributed by atoms with Crippen LogP contribution in [0.3, 0.4) is 0 Å². The maximum atomic E-state index is 11.3. The molecule has 0 aromatic heterocycles. The minimum atomic E-state index is -0.697. The second kappa shape index (κ2) is 4.79. The van der Waals surface area contributed by atoms with Gasteiger partial charge in [-0.15, -0.1) is 12.6 Å². The first-order chi connectivity index (χ1) is 7.06. The van der Waals surface area contributed by atoms with Gasteiger partial charge in [-0.1, -0.05) is 0 Å². The molecule has 0 saturated carbocycles. The number of hydrogen-bond acceptors (Lipinski definition) is 5. The SMILES string of the molecule is CCOC(=O)c1ccc(S)cc1[N+](=O)[O-]. The maximum Gasteiger partial charge on any atom is 0.345 e. The lowest BCUT2D eigenvalue weighted by atomic mass is 10.2. The molecule has 0 aliphatic rings. The van der Waals surface area contributed by atoms with Crippen LogP contribution in [-0.4, -0.2) is 17.5 Å². The van der Waals surface area contributed by atoms with Gasteiger partial charge in [0.05, 0.1) is 11.5 Å². The zero-order valence-electron chi connectivity index (χ0n) is 7.97. The Balaban J connectivity index is 3.17. The molecular weight excluding hydrogens is 218 g/mol. The Morgan fingerprint density at radius 1 is 1.60 bits per heavy atom. The molecule has 0 aliphatic carbocycles. The van der Waals surface area contributed by atoms with E-state index in [1.54, 1.807) is 6.92 Å². The highest BCUT2D eigenvalue weighted by molar-refractivity contribution is 7.80. The molecule has 0 atom stereocenters. The van der Waals surface area contributed by atoms with Gasteiger partial charge in [0.1, 0.15) is 5.56 Å². The van der Waals surface area contributed by atoms with Crippen LogP contribution in [0.25, 0.3) is 0 Å². The molecule has 0 heterocycles. The molecule has 0 fully saturated rings. The highest BCUT2D eigenvalue weighted by Gasteiger charge is 2.20. The monoisotopic (exact) mass is 227 g/mol. The number of nitrogens with zero attached hydrogens (tertiary/aromatic N) is 1. The number of nitro benzene ring substituents is 1. The number of esters is 1. The molecule has 1 rings (SSSR count). The summed E-state index contributed by atoms with van der Waals surface area (Å²) in [5.74, 6) is -0.697. The maximum absolute atomic E-state index is 11.3. The van der Waals surface area contributed by atoms with Crippen LogP contribution in [0.2, 0.25) is 0 Å². The highest BCUT2D eigenvalue weighted by atomic mass is 32.1. The predicted molar refractivity (Wildman–Crippen MR) is 56.3 cm³/mol. The molecule has 5 nitrogen and oxygen atoms in total. The molecule has 0 amide bonds. The second-order valence-electron chi connectivity index (χ2n) is 2.68. The number of carbonyl (C=O) groups is 1. The average molecular weight is 227 g/mol. The minimum Gasteiger partial charge on any atom is -0.462 e. The second-order valence-corrected chi connectivity index (χ2v) is 3.20. The number of hydrogen-bond donors (Lipinski definition) is 1. The van der Waals surface area contributed by atoms with Crippen molar-refractivity contribution in [3.8, 4) is 0 Å². The van der Waals surface area contributed by atoms with Gasteiger partial charge in [-0.05, 0) is 19.1 Å². The zero-order valence-corrected chi connectivity index (χ0v) is 8.86. The van der Waals surface area contributed by atoms with Crippen LogP contribution in [0, 0.1) is 10.1 Å². The predicted octanol–water partition coefficient (Wildman–Crippen LogP) is 2.06. The lowest BCUT2D eigenvalue weighted by molar-refractivity contribution is -0.385. The molecule has 6 heteroatoms. The van der Waals surface area contributed by atoms with Crippen LogP contribution in [0.5, 0.6) is 0 Å². The van der Waals surface area contributed by atoms with E-state index in [1.807, 2.05) is 0 Å². The van der Waals surface area contributed by atoms with Gasteiger partial charge >= 0.3 is 5.97 Å². The molecule has 0 spiro atoms. The highest BCUT2D eigenvalue weighted by Crippen LogP contribution is 2.22. The van der Waals surface area contributed by atoms with Crippen LogP contribution >= 0.6 is 12.6 Å². The Bertz CT molecular complexity index is 405. The lowest BCUT2D eigenvalue weighted by Gasteiger charge is -2.02. The van der Waals surface area contributed by atoms with E-state index < -0.39 is 10.9 Å². The smallest absolute Gasteiger partial charge is 0.345 e. The van der Waals surface area contributed by atoms with E-state index in [-0.39, 0.29) is 17.9 Å². The van der Waals surface area contributed by atoms with Gasteiger partial charge in [-0.2, -0.15) is 0 Å². The molecule has 0 radical (unpaired) electrons. The third-order valence-corrected chi connectivity index (χ3v) is 1.95. The standard InChI is InChI=1S/C9H9NO4S/c1-2-14-9(11)7-4-3-6(15)5-8(7)10(12)13/h3-5,15H,2H2,1H3. The molecule has 0 aliphatic heterocycles. The summed E-state index contributed by atoms with van der Waals surface area (Å²) in [6, 6.07) is 4.05. The van der Waals surface area contributed by atoms with E-state index in [1.165, 1.54) is 18.2 Å². The first-order valence-electron chi connectivity index (χ1n) is 4.20. The van der Waals surface area contributed by atoms with Crippen LogP contribution in [-0.2, 0) is 4.74 Å². The molecular formula is C9H9NO4S. The molecule has 0 bridgehead atoms.